The molecule has 1 heterocycles. The Hall–Kier alpha value is -1.05. The van der Waals surface area contributed by atoms with Crippen molar-refractivity contribution in [1.82, 2.24) is 9.78 Å². The van der Waals surface area contributed by atoms with E-state index in [2.05, 4.69) is 44.9 Å². The van der Waals surface area contributed by atoms with Crippen LogP contribution in [0.1, 0.15) is 62.4 Å². The Balaban J connectivity index is 2.92. The molecule has 2 nitrogen and oxygen atoms in total. The van der Waals surface area contributed by atoms with Gasteiger partial charge < -0.3 is 0 Å². The topological polar surface area (TPSA) is 17.8 Å². The molecule has 0 aliphatic carbocycles. The van der Waals surface area contributed by atoms with Crippen molar-refractivity contribution < 1.29 is 0 Å². The summed E-state index contributed by atoms with van der Waals surface area (Å²) in [6.45, 7) is 8.76. The number of hydrogen-bond acceptors (Lipinski definition) is 1. The van der Waals surface area contributed by atoms with E-state index >= 15 is 0 Å². The predicted octanol–water partition coefficient (Wildman–Crippen LogP) is 4.28. The Morgan fingerprint density at radius 2 is 1.94 bits per heavy atom. The first kappa shape index (κ1) is 14.0. The molecule has 0 aliphatic heterocycles. The maximum absolute atomic E-state index is 4.53. The van der Waals surface area contributed by atoms with E-state index in [1.54, 1.807) is 0 Å². The van der Waals surface area contributed by atoms with Crippen molar-refractivity contribution in [2.45, 2.75) is 59.3 Å². The second-order valence-electron chi connectivity index (χ2n) is 4.81. The van der Waals surface area contributed by atoms with Gasteiger partial charge in [-0.05, 0) is 44.6 Å². The lowest BCUT2D eigenvalue weighted by molar-refractivity contribution is 0.612. The lowest BCUT2D eigenvalue weighted by Crippen LogP contribution is -2.01. The molecule has 0 amide bonds. The Morgan fingerprint density at radius 3 is 2.41 bits per heavy atom. The van der Waals surface area contributed by atoms with E-state index in [1.165, 1.54) is 29.8 Å². The number of nitrogens with zero attached hydrogens (tertiary/aromatic N) is 2. The summed E-state index contributed by atoms with van der Waals surface area (Å²) in [6, 6.07) is 0. The summed E-state index contributed by atoms with van der Waals surface area (Å²) in [5, 5.41) is 4.53. The average molecular weight is 234 g/mol. The molecule has 0 radical (unpaired) electrons. The number of rotatable bonds is 6. The second kappa shape index (κ2) is 6.63. The largest absolute Gasteiger partial charge is 0.272 e. The van der Waals surface area contributed by atoms with Crippen molar-refractivity contribution in [3.8, 4) is 0 Å². The normalized spacial score (nSPS) is 13.5. The zero-order valence-corrected chi connectivity index (χ0v) is 12.0. The number of hydrogen-bond donors (Lipinski definition) is 0. The van der Waals surface area contributed by atoms with E-state index < -0.39 is 0 Å². The van der Waals surface area contributed by atoms with Crippen molar-refractivity contribution in [2.75, 3.05) is 0 Å². The molecule has 0 spiro atoms. The zero-order chi connectivity index (χ0) is 12.8. The SMILES string of the molecule is CC/C=C\CC(CCC)c1c(C)nn(C)c1C. The highest BCUT2D eigenvalue weighted by molar-refractivity contribution is 5.29. The molecule has 2 heteroatoms. The van der Waals surface area contributed by atoms with Crippen molar-refractivity contribution >= 4 is 0 Å². The van der Waals surface area contributed by atoms with Gasteiger partial charge in [0, 0.05) is 12.7 Å². The summed E-state index contributed by atoms with van der Waals surface area (Å²) in [4.78, 5) is 0. The van der Waals surface area contributed by atoms with Crippen molar-refractivity contribution in [3.63, 3.8) is 0 Å². The van der Waals surface area contributed by atoms with E-state index in [0.717, 1.165) is 12.8 Å². The monoisotopic (exact) mass is 234 g/mol. The smallest absolute Gasteiger partial charge is 0.0631 e. The van der Waals surface area contributed by atoms with Gasteiger partial charge in [-0.15, -0.1) is 0 Å². The first-order valence-corrected chi connectivity index (χ1v) is 6.76. The summed E-state index contributed by atoms with van der Waals surface area (Å²) in [5.41, 5.74) is 3.99. The molecule has 0 aromatic carbocycles. The summed E-state index contributed by atoms with van der Waals surface area (Å²) < 4.78 is 2.01. The van der Waals surface area contributed by atoms with Crippen LogP contribution < -0.4 is 0 Å². The van der Waals surface area contributed by atoms with Gasteiger partial charge in [-0.25, -0.2) is 0 Å². The van der Waals surface area contributed by atoms with Gasteiger partial charge in [0.2, 0.25) is 0 Å². The molecule has 96 valence electrons. The molecule has 1 rings (SSSR count). The van der Waals surface area contributed by atoms with Crippen molar-refractivity contribution in [3.05, 3.63) is 29.1 Å². The van der Waals surface area contributed by atoms with E-state index in [0.29, 0.717) is 5.92 Å². The fourth-order valence-corrected chi connectivity index (χ4v) is 2.54. The minimum Gasteiger partial charge on any atom is -0.272 e. The van der Waals surface area contributed by atoms with Crippen LogP contribution in [0, 0.1) is 13.8 Å². The molecule has 1 atom stereocenters. The van der Waals surface area contributed by atoms with Crippen LogP contribution in [-0.2, 0) is 7.05 Å². The molecule has 0 bridgehead atoms. The molecular formula is C15H26N2. The van der Waals surface area contributed by atoms with Gasteiger partial charge in [-0.2, -0.15) is 5.10 Å². The lowest BCUT2D eigenvalue weighted by atomic mass is 9.89. The van der Waals surface area contributed by atoms with Crippen LogP contribution in [0.15, 0.2) is 12.2 Å². The standard InChI is InChI=1S/C15H26N2/c1-6-8-9-11-14(10-7-2)15-12(3)16-17(5)13(15)4/h8-9,14H,6-7,10-11H2,1-5H3/b9-8-. The maximum Gasteiger partial charge on any atom is 0.0631 e. The second-order valence-corrected chi connectivity index (χ2v) is 4.81. The minimum absolute atomic E-state index is 0.636. The average Bonchev–Trinajstić information content (AvgIpc) is 2.53. The van der Waals surface area contributed by atoms with Crippen molar-refractivity contribution in [2.24, 2.45) is 7.05 Å². The van der Waals surface area contributed by atoms with Gasteiger partial charge in [0.15, 0.2) is 0 Å². The summed E-state index contributed by atoms with van der Waals surface area (Å²) >= 11 is 0. The molecule has 1 unspecified atom stereocenters. The Labute approximate surface area is 106 Å². The van der Waals surface area contributed by atoms with Gasteiger partial charge >= 0.3 is 0 Å². The highest BCUT2D eigenvalue weighted by atomic mass is 15.3. The van der Waals surface area contributed by atoms with Gasteiger partial charge in [0.05, 0.1) is 5.69 Å². The molecule has 0 saturated carbocycles. The fraction of sp³-hybridized carbons (Fsp3) is 0.667. The third kappa shape index (κ3) is 3.45. The van der Waals surface area contributed by atoms with Crippen LogP contribution in [0.3, 0.4) is 0 Å². The minimum atomic E-state index is 0.636. The first-order valence-electron chi connectivity index (χ1n) is 6.76. The fourth-order valence-electron chi connectivity index (χ4n) is 2.54. The Morgan fingerprint density at radius 1 is 1.24 bits per heavy atom. The maximum atomic E-state index is 4.53. The van der Waals surface area contributed by atoms with E-state index in [4.69, 9.17) is 0 Å². The van der Waals surface area contributed by atoms with E-state index in [1.807, 2.05) is 11.7 Å². The zero-order valence-electron chi connectivity index (χ0n) is 12.0. The third-order valence-corrected chi connectivity index (χ3v) is 3.43. The summed E-state index contributed by atoms with van der Waals surface area (Å²) in [5.74, 6) is 0.636. The first-order chi connectivity index (χ1) is 8.11. The molecule has 0 fully saturated rings. The Bertz CT molecular complexity index is 375. The highest BCUT2D eigenvalue weighted by Crippen LogP contribution is 2.30. The van der Waals surface area contributed by atoms with E-state index in [9.17, 15) is 0 Å². The molecule has 1 aromatic heterocycles. The highest BCUT2D eigenvalue weighted by Gasteiger charge is 2.18. The van der Waals surface area contributed by atoms with Crippen LogP contribution in [-0.4, -0.2) is 9.78 Å². The van der Waals surface area contributed by atoms with Crippen LogP contribution in [0.4, 0.5) is 0 Å². The summed E-state index contributed by atoms with van der Waals surface area (Å²) in [7, 11) is 2.04. The molecule has 1 aromatic rings. The third-order valence-electron chi connectivity index (χ3n) is 3.43. The quantitative estimate of drug-likeness (QED) is 0.672. The van der Waals surface area contributed by atoms with Gasteiger partial charge in [0.1, 0.15) is 0 Å². The molecule has 0 N–H and O–H groups in total. The van der Waals surface area contributed by atoms with Crippen LogP contribution in [0.5, 0.6) is 0 Å². The number of allylic oxidation sites excluding steroid dienone is 2. The Kier molecular flexibility index (Phi) is 5.46. The predicted molar refractivity (Wildman–Crippen MR) is 74.4 cm³/mol. The van der Waals surface area contributed by atoms with Gasteiger partial charge in [-0.3, -0.25) is 4.68 Å². The summed E-state index contributed by atoms with van der Waals surface area (Å²) in [6.07, 6.45) is 9.36. The molecular weight excluding hydrogens is 208 g/mol. The van der Waals surface area contributed by atoms with Crippen LogP contribution >= 0.6 is 0 Å². The molecule has 0 saturated heterocycles. The van der Waals surface area contributed by atoms with Crippen LogP contribution in [0.25, 0.3) is 0 Å². The molecule has 17 heavy (non-hydrogen) atoms. The lowest BCUT2D eigenvalue weighted by Gasteiger charge is -2.15. The van der Waals surface area contributed by atoms with Gasteiger partial charge in [-0.1, -0.05) is 32.4 Å². The number of aryl methyl sites for hydroxylation is 2. The van der Waals surface area contributed by atoms with Gasteiger partial charge in [0.25, 0.3) is 0 Å². The van der Waals surface area contributed by atoms with Crippen LogP contribution in [0.2, 0.25) is 0 Å². The van der Waals surface area contributed by atoms with E-state index in [-0.39, 0.29) is 0 Å². The van der Waals surface area contributed by atoms with Crippen molar-refractivity contribution in [1.29, 1.82) is 0 Å². The molecule has 0 aliphatic rings. The number of aromatic nitrogens is 2.